The Morgan fingerprint density at radius 2 is 2.07 bits per heavy atom. The third-order valence-electron chi connectivity index (χ3n) is 6.83. The van der Waals surface area contributed by atoms with E-state index in [4.69, 9.17) is 0 Å². The third kappa shape index (κ3) is 5.41. The van der Waals surface area contributed by atoms with E-state index >= 15 is 0 Å². The van der Waals surface area contributed by atoms with Gasteiger partial charge in [-0.1, -0.05) is 53.6 Å². The van der Waals surface area contributed by atoms with E-state index in [0.29, 0.717) is 18.3 Å². The number of carbonyl (C=O) groups is 1. The molecule has 0 aromatic heterocycles. The summed E-state index contributed by atoms with van der Waals surface area (Å²) in [5.41, 5.74) is 2.43. The lowest BCUT2D eigenvalue weighted by atomic mass is 9.86. The number of hydrogen-bond acceptors (Lipinski definition) is 3. The van der Waals surface area contributed by atoms with Gasteiger partial charge in [0.2, 0.25) is 5.91 Å². The fourth-order valence-corrected chi connectivity index (χ4v) is 5.00. The van der Waals surface area contributed by atoms with Crippen LogP contribution in [0.15, 0.2) is 48.1 Å². The molecule has 1 amide bonds. The molecule has 2 N–H and O–H groups in total. The summed E-state index contributed by atoms with van der Waals surface area (Å²) in [5, 5.41) is 21.6. The topological polar surface area (TPSA) is 60.8 Å². The number of carbonyl (C=O) groups excluding carboxylic acids is 1. The number of amides is 1. The summed E-state index contributed by atoms with van der Waals surface area (Å²) < 4.78 is 0. The first-order chi connectivity index (χ1) is 14.2. The fraction of sp³-hybridized carbons (Fsp3) is 0.577. The Kier molecular flexibility index (Phi) is 7.20. The Bertz CT molecular complexity index is 808. The van der Waals surface area contributed by atoms with Gasteiger partial charge in [0, 0.05) is 26.4 Å². The molecule has 3 rings (SSSR count). The van der Waals surface area contributed by atoms with Crippen molar-refractivity contribution < 1.29 is 15.0 Å². The normalized spacial score (nSPS) is 27.7. The molecule has 0 radical (unpaired) electrons. The molecule has 4 heteroatoms. The molecule has 1 saturated carbocycles. The van der Waals surface area contributed by atoms with E-state index in [-0.39, 0.29) is 17.9 Å². The van der Waals surface area contributed by atoms with Crippen molar-refractivity contribution in [3.05, 3.63) is 59.2 Å². The summed E-state index contributed by atoms with van der Waals surface area (Å²) in [5.74, 6) is 1.12. The SMILES string of the molecule is Cc1cccc([C@@](C)(O)C=C[C@@H]2[C@H]3CC(CCCCC(=O)N(C)C)=C[C@H]3C[C@H]2O)c1. The maximum absolute atomic E-state index is 11.7. The van der Waals surface area contributed by atoms with Crippen LogP contribution >= 0.6 is 0 Å². The monoisotopic (exact) mass is 411 g/mol. The molecular weight excluding hydrogens is 374 g/mol. The molecule has 30 heavy (non-hydrogen) atoms. The number of nitrogens with zero attached hydrogens (tertiary/aromatic N) is 1. The van der Waals surface area contributed by atoms with Crippen molar-refractivity contribution in [2.45, 2.75) is 64.1 Å². The molecular formula is C26H37NO3. The molecule has 1 aromatic carbocycles. The van der Waals surface area contributed by atoms with Crippen LogP contribution in [0.1, 0.15) is 56.6 Å². The zero-order chi connectivity index (χ0) is 21.9. The average molecular weight is 412 g/mol. The molecule has 164 valence electrons. The van der Waals surface area contributed by atoms with Gasteiger partial charge in [0.1, 0.15) is 5.60 Å². The molecule has 5 atom stereocenters. The Morgan fingerprint density at radius 3 is 2.77 bits per heavy atom. The standard InChI is InChI=1S/C26H37NO3/c1-18-8-7-10-21(14-18)26(2,30)13-12-22-23-16-19(15-20(23)17-24(22)28)9-5-6-11-25(29)27(3)4/h7-8,10,12-15,20,22-24,28,30H,5-6,9,11,16-17H2,1-4H3/t20-,22+,23-,24+,26-/m0/s1. The summed E-state index contributed by atoms with van der Waals surface area (Å²) in [4.78, 5) is 13.4. The molecule has 0 saturated heterocycles. The molecule has 0 aliphatic heterocycles. The molecule has 1 aromatic rings. The molecule has 2 aliphatic carbocycles. The fourth-order valence-electron chi connectivity index (χ4n) is 5.00. The minimum atomic E-state index is -1.04. The van der Waals surface area contributed by atoms with Gasteiger partial charge in [-0.3, -0.25) is 4.79 Å². The van der Waals surface area contributed by atoms with Gasteiger partial charge >= 0.3 is 0 Å². The number of fused-ring (bicyclic) bond motifs is 1. The van der Waals surface area contributed by atoms with Crippen LogP contribution in [-0.2, 0) is 10.4 Å². The van der Waals surface area contributed by atoms with Crippen LogP contribution in [0.25, 0.3) is 0 Å². The van der Waals surface area contributed by atoms with E-state index in [1.54, 1.807) is 19.0 Å². The molecule has 0 bridgehead atoms. The second kappa shape index (κ2) is 9.49. The first-order valence-corrected chi connectivity index (χ1v) is 11.2. The predicted octanol–water partition coefficient (Wildman–Crippen LogP) is 4.35. The van der Waals surface area contributed by atoms with Crippen LogP contribution in [0.4, 0.5) is 0 Å². The van der Waals surface area contributed by atoms with E-state index in [9.17, 15) is 15.0 Å². The van der Waals surface area contributed by atoms with Crippen molar-refractivity contribution in [2.24, 2.45) is 17.8 Å². The van der Waals surface area contributed by atoms with Crippen LogP contribution < -0.4 is 0 Å². The van der Waals surface area contributed by atoms with Crippen molar-refractivity contribution >= 4 is 5.91 Å². The maximum atomic E-state index is 11.7. The molecule has 0 unspecified atom stereocenters. The summed E-state index contributed by atoms with van der Waals surface area (Å²) in [6.45, 7) is 3.83. The van der Waals surface area contributed by atoms with Crippen molar-refractivity contribution in [3.8, 4) is 0 Å². The van der Waals surface area contributed by atoms with Crippen LogP contribution in [0.3, 0.4) is 0 Å². The highest BCUT2D eigenvalue weighted by Crippen LogP contribution is 2.48. The molecule has 1 fully saturated rings. The number of allylic oxidation sites excluding steroid dienone is 2. The van der Waals surface area contributed by atoms with Crippen molar-refractivity contribution in [1.82, 2.24) is 4.90 Å². The number of rotatable bonds is 8. The van der Waals surface area contributed by atoms with Crippen LogP contribution in [0, 0.1) is 24.7 Å². The van der Waals surface area contributed by atoms with Gasteiger partial charge in [-0.25, -0.2) is 0 Å². The second-order valence-electron chi connectivity index (χ2n) is 9.61. The van der Waals surface area contributed by atoms with Gasteiger partial charge in [0.15, 0.2) is 0 Å². The van der Waals surface area contributed by atoms with E-state index in [2.05, 4.69) is 6.08 Å². The molecule has 4 nitrogen and oxygen atoms in total. The van der Waals surface area contributed by atoms with Crippen molar-refractivity contribution in [2.75, 3.05) is 14.1 Å². The number of aliphatic hydroxyl groups excluding tert-OH is 1. The minimum Gasteiger partial charge on any atom is -0.392 e. The lowest BCUT2D eigenvalue weighted by Gasteiger charge is -2.23. The quantitative estimate of drug-likeness (QED) is 0.494. The highest BCUT2D eigenvalue weighted by Gasteiger charge is 2.43. The number of aliphatic hydroxyl groups is 2. The van der Waals surface area contributed by atoms with Crippen LogP contribution in [0.2, 0.25) is 0 Å². The average Bonchev–Trinajstić information content (AvgIpc) is 3.19. The van der Waals surface area contributed by atoms with Gasteiger partial charge < -0.3 is 15.1 Å². The zero-order valence-electron chi connectivity index (χ0n) is 18.8. The molecule has 0 heterocycles. The van der Waals surface area contributed by atoms with Crippen LogP contribution in [0.5, 0.6) is 0 Å². The number of unbranched alkanes of at least 4 members (excludes halogenated alkanes) is 1. The predicted molar refractivity (Wildman–Crippen MR) is 121 cm³/mol. The number of benzene rings is 1. The molecule has 2 aliphatic rings. The minimum absolute atomic E-state index is 0.0790. The van der Waals surface area contributed by atoms with E-state index in [1.165, 1.54) is 5.57 Å². The largest absolute Gasteiger partial charge is 0.392 e. The Labute approximate surface area is 181 Å². The summed E-state index contributed by atoms with van der Waals surface area (Å²) in [6, 6.07) is 7.94. The third-order valence-corrected chi connectivity index (χ3v) is 6.83. The Balaban J connectivity index is 1.56. The van der Waals surface area contributed by atoms with Crippen molar-refractivity contribution in [3.63, 3.8) is 0 Å². The van der Waals surface area contributed by atoms with Gasteiger partial charge in [-0.05, 0) is 63.4 Å². The van der Waals surface area contributed by atoms with E-state index in [1.807, 2.05) is 50.3 Å². The number of aryl methyl sites for hydroxylation is 1. The first kappa shape index (κ1) is 22.8. The summed E-state index contributed by atoms with van der Waals surface area (Å²) in [7, 11) is 3.61. The van der Waals surface area contributed by atoms with E-state index in [0.717, 1.165) is 43.2 Å². The Morgan fingerprint density at radius 1 is 1.30 bits per heavy atom. The van der Waals surface area contributed by atoms with Gasteiger partial charge in [-0.15, -0.1) is 0 Å². The lowest BCUT2D eigenvalue weighted by Crippen LogP contribution is -2.21. The Hall–Kier alpha value is -1.91. The van der Waals surface area contributed by atoms with E-state index < -0.39 is 5.60 Å². The van der Waals surface area contributed by atoms with Crippen LogP contribution in [-0.4, -0.2) is 41.2 Å². The lowest BCUT2D eigenvalue weighted by molar-refractivity contribution is -0.128. The van der Waals surface area contributed by atoms with Gasteiger partial charge in [-0.2, -0.15) is 0 Å². The highest BCUT2D eigenvalue weighted by atomic mass is 16.3. The zero-order valence-corrected chi connectivity index (χ0v) is 18.8. The maximum Gasteiger partial charge on any atom is 0.222 e. The number of hydrogen-bond donors (Lipinski definition) is 2. The van der Waals surface area contributed by atoms with Crippen molar-refractivity contribution in [1.29, 1.82) is 0 Å². The summed E-state index contributed by atoms with van der Waals surface area (Å²) in [6.07, 6.45) is 11.4. The summed E-state index contributed by atoms with van der Waals surface area (Å²) >= 11 is 0. The smallest absolute Gasteiger partial charge is 0.222 e. The second-order valence-corrected chi connectivity index (χ2v) is 9.61. The van der Waals surface area contributed by atoms with Gasteiger partial charge in [0.25, 0.3) is 0 Å². The van der Waals surface area contributed by atoms with Gasteiger partial charge in [0.05, 0.1) is 6.10 Å². The first-order valence-electron chi connectivity index (χ1n) is 11.2. The highest BCUT2D eigenvalue weighted by molar-refractivity contribution is 5.75. The molecule has 0 spiro atoms.